The third-order valence-electron chi connectivity index (χ3n) is 3.02. The van der Waals surface area contributed by atoms with Gasteiger partial charge in [-0.15, -0.1) is 0 Å². The van der Waals surface area contributed by atoms with Gasteiger partial charge in [-0.3, -0.25) is 9.79 Å². The predicted molar refractivity (Wildman–Crippen MR) is 85.1 cm³/mol. The number of aliphatic imine (C=N–C) groups is 1. The number of aryl methyl sites for hydroxylation is 1. The van der Waals surface area contributed by atoms with Crippen LogP contribution in [0.4, 0.5) is 5.69 Å². The molecule has 0 atom stereocenters. The lowest BCUT2D eigenvalue weighted by atomic mass is 10.2. The normalized spacial score (nSPS) is 14.2. The van der Waals surface area contributed by atoms with E-state index in [0.29, 0.717) is 13.0 Å². The highest BCUT2D eigenvalue weighted by Gasteiger charge is 2.07. The third kappa shape index (κ3) is 4.52. The van der Waals surface area contributed by atoms with Gasteiger partial charge in [-0.2, -0.15) is 0 Å². The Kier molecular flexibility index (Phi) is 5.40. The van der Waals surface area contributed by atoms with E-state index in [0.717, 1.165) is 41.2 Å². The van der Waals surface area contributed by atoms with Gasteiger partial charge in [0, 0.05) is 36.2 Å². The van der Waals surface area contributed by atoms with Gasteiger partial charge in [-0.25, -0.2) is 0 Å². The fraction of sp³-hybridized carbons (Fsp3) is 0.429. The number of rotatable bonds is 4. The molecule has 0 saturated heterocycles. The summed E-state index contributed by atoms with van der Waals surface area (Å²) in [4.78, 5) is 16.2. The first-order valence-electron chi connectivity index (χ1n) is 6.73. The van der Waals surface area contributed by atoms with Crippen molar-refractivity contribution in [3.63, 3.8) is 0 Å². The number of carbonyl (C=O) groups is 1. The van der Waals surface area contributed by atoms with E-state index in [1.165, 1.54) is 0 Å². The van der Waals surface area contributed by atoms with Crippen LogP contribution in [0.25, 0.3) is 0 Å². The molecule has 3 N–H and O–H groups in total. The number of guanidine groups is 1. The zero-order chi connectivity index (χ0) is 14.4. The fourth-order valence-electron chi connectivity index (χ4n) is 1.89. The number of nitrogens with zero attached hydrogens (tertiary/aromatic N) is 1. The molecule has 0 bridgehead atoms. The van der Waals surface area contributed by atoms with E-state index in [1.54, 1.807) is 0 Å². The molecular formula is C14H19BrN4O. The molecular weight excluding hydrogens is 320 g/mol. The minimum atomic E-state index is -0.00453. The molecule has 0 spiro atoms. The van der Waals surface area contributed by atoms with Gasteiger partial charge in [0.1, 0.15) is 0 Å². The van der Waals surface area contributed by atoms with Crippen LogP contribution < -0.4 is 16.0 Å². The molecule has 0 radical (unpaired) electrons. The van der Waals surface area contributed by atoms with E-state index < -0.39 is 0 Å². The van der Waals surface area contributed by atoms with Crippen molar-refractivity contribution in [3.8, 4) is 0 Å². The van der Waals surface area contributed by atoms with Crippen molar-refractivity contribution in [2.24, 2.45) is 4.99 Å². The Morgan fingerprint density at radius 3 is 3.10 bits per heavy atom. The quantitative estimate of drug-likeness (QED) is 0.786. The minimum Gasteiger partial charge on any atom is -0.356 e. The van der Waals surface area contributed by atoms with Crippen molar-refractivity contribution in [3.05, 3.63) is 28.2 Å². The van der Waals surface area contributed by atoms with Crippen molar-refractivity contribution < 1.29 is 4.79 Å². The van der Waals surface area contributed by atoms with Gasteiger partial charge < -0.3 is 16.0 Å². The zero-order valence-corrected chi connectivity index (χ0v) is 13.1. The van der Waals surface area contributed by atoms with Gasteiger partial charge in [0.15, 0.2) is 5.96 Å². The van der Waals surface area contributed by atoms with Gasteiger partial charge in [0.25, 0.3) is 0 Å². The summed E-state index contributed by atoms with van der Waals surface area (Å²) in [6.45, 7) is 4.33. The summed E-state index contributed by atoms with van der Waals surface area (Å²) in [5.41, 5.74) is 1.89. The molecule has 1 amide bonds. The van der Waals surface area contributed by atoms with Crippen molar-refractivity contribution in [1.29, 1.82) is 0 Å². The van der Waals surface area contributed by atoms with Gasteiger partial charge in [0.2, 0.25) is 5.91 Å². The molecule has 108 valence electrons. The largest absolute Gasteiger partial charge is 0.356 e. The maximum atomic E-state index is 11.9. The SMILES string of the molecule is Cc1ccc(Br)cc1NC(=O)CCNC1=NCCCN1. The maximum absolute atomic E-state index is 11.9. The van der Waals surface area contributed by atoms with Crippen LogP contribution in [0.1, 0.15) is 18.4 Å². The van der Waals surface area contributed by atoms with Crippen LogP contribution in [0.5, 0.6) is 0 Å². The molecule has 0 aliphatic carbocycles. The number of nitrogens with one attached hydrogen (secondary N) is 3. The van der Waals surface area contributed by atoms with Gasteiger partial charge >= 0.3 is 0 Å². The molecule has 0 saturated carbocycles. The first-order chi connectivity index (χ1) is 9.65. The summed E-state index contributed by atoms with van der Waals surface area (Å²) in [5.74, 6) is 0.790. The number of benzene rings is 1. The van der Waals surface area contributed by atoms with Crippen LogP contribution in [0.3, 0.4) is 0 Å². The number of halogens is 1. The van der Waals surface area contributed by atoms with Crippen molar-refractivity contribution in [2.75, 3.05) is 25.0 Å². The molecule has 20 heavy (non-hydrogen) atoms. The Morgan fingerprint density at radius 1 is 1.50 bits per heavy atom. The standard InChI is InChI=1S/C14H19BrN4O/c1-10-3-4-11(15)9-12(10)19-13(20)5-8-18-14-16-6-2-7-17-14/h3-4,9H,2,5-8H2,1H3,(H,19,20)(H2,16,17,18). The van der Waals surface area contributed by atoms with Crippen LogP contribution in [-0.2, 0) is 4.79 Å². The summed E-state index contributed by atoms with van der Waals surface area (Å²) in [5, 5.41) is 9.21. The summed E-state index contributed by atoms with van der Waals surface area (Å²) in [7, 11) is 0. The minimum absolute atomic E-state index is 0.00453. The Morgan fingerprint density at radius 2 is 2.35 bits per heavy atom. The summed E-state index contributed by atoms with van der Waals surface area (Å²) < 4.78 is 0.956. The van der Waals surface area contributed by atoms with Crippen LogP contribution >= 0.6 is 15.9 Å². The Labute approximate surface area is 127 Å². The zero-order valence-electron chi connectivity index (χ0n) is 11.5. The maximum Gasteiger partial charge on any atom is 0.226 e. The first-order valence-corrected chi connectivity index (χ1v) is 7.52. The Bertz CT molecular complexity index is 516. The first kappa shape index (κ1) is 14.8. The lowest BCUT2D eigenvalue weighted by Crippen LogP contribution is -2.41. The molecule has 1 aliphatic rings. The predicted octanol–water partition coefficient (Wildman–Crippen LogP) is 2.03. The third-order valence-corrected chi connectivity index (χ3v) is 3.51. The molecule has 6 heteroatoms. The molecule has 0 aromatic heterocycles. The molecule has 2 rings (SSSR count). The molecule has 5 nitrogen and oxygen atoms in total. The highest BCUT2D eigenvalue weighted by atomic mass is 79.9. The number of hydrogen-bond donors (Lipinski definition) is 3. The number of carbonyl (C=O) groups excluding carboxylic acids is 1. The van der Waals surface area contributed by atoms with Crippen LogP contribution in [0.15, 0.2) is 27.7 Å². The Hall–Kier alpha value is -1.56. The second-order valence-corrected chi connectivity index (χ2v) is 5.61. The average Bonchev–Trinajstić information content (AvgIpc) is 2.44. The molecule has 1 aliphatic heterocycles. The topological polar surface area (TPSA) is 65.5 Å². The van der Waals surface area contributed by atoms with Crippen molar-refractivity contribution in [2.45, 2.75) is 19.8 Å². The fourth-order valence-corrected chi connectivity index (χ4v) is 2.25. The van der Waals surface area contributed by atoms with Gasteiger partial charge in [-0.1, -0.05) is 22.0 Å². The van der Waals surface area contributed by atoms with Crippen LogP contribution in [0, 0.1) is 6.92 Å². The molecule has 1 heterocycles. The molecule has 0 unspecified atom stereocenters. The number of anilines is 1. The van der Waals surface area contributed by atoms with Crippen LogP contribution in [-0.4, -0.2) is 31.5 Å². The second kappa shape index (κ2) is 7.28. The van der Waals surface area contributed by atoms with E-state index in [-0.39, 0.29) is 5.91 Å². The summed E-state index contributed by atoms with van der Waals surface area (Å²) in [6.07, 6.45) is 1.47. The van der Waals surface area contributed by atoms with Crippen molar-refractivity contribution >= 4 is 33.5 Å². The second-order valence-electron chi connectivity index (χ2n) is 4.69. The van der Waals surface area contributed by atoms with Crippen LogP contribution in [0.2, 0.25) is 0 Å². The molecule has 0 fully saturated rings. The lowest BCUT2D eigenvalue weighted by molar-refractivity contribution is -0.116. The van der Waals surface area contributed by atoms with E-state index in [4.69, 9.17) is 0 Å². The Balaban J connectivity index is 1.77. The number of amides is 1. The lowest BCUT2D eigenvalue weighted by Gasteiger charge is -2.16. The highest BCUT2D eigenvalue weighted by molar-refractivity contribution is 9.10. The van der Waals surface area contributed by atoms with Gasteiger partial charge in [0.05, 0.1) is 0 Å². The van der Waals surface area contributed by atoms with Gasteiger partial charge in [-0.05, 0) is 31.0 Å². The van der Waals surface area contributed by atoms with E-state index >= 15 is 0 Å². The average molecular weight is 339 g/mol. The highest BCUT2D eigenvalue weighted by Crippen LogP contribution is 2.20. The van der Waals surface area contributed by atoms with E-state index in [2.05, 4.69) is 36.9 Å². The molecule has 1 aromatic rings. The van der Waals surface area contributed by atoms with E-state index in [9.17, 15) is 4.79 Å². The summed E-state index contributed by atoms with van der Waals surface area (Å²) in [6, 6.07) is 5.84. The smallest absolute Gasteiger partial charge is 0.226 e. The number of hydrogen-bond acceptors (Lipinski definition) is 4. The van der Waals surface area contributed by atoms with E-state index in [1.807, 2.05) is 25.1 Å². The monoisotopic (exact) mass is 338 g/mol. The molecule has 1 aromatic carbocycles. The summed E-state index contributed by atoms with van der Waals surface area (Å²) >= 11 is 3.40. The van der Waals surface area contributed by atoms with Crippen molar-refractivity contribution in [1.82, 2.24) is 10.6 Å².